The summed E-state index contributed by atoms with van der Waals surface area (Å²) in [6, 6.07) is 3.04. The second-order valence-electron chi connectivity index (χ2n) is 1.53. The third-order valence-corrected chi connectivity index (χ3v) is 2.49. The average molecular weight is 221 g/mol. The van der Waals surface area contributed by atoms with E-state index in [4.69, 9.17) is 0 Å². The fourth-order valence-electron chi connectivity index (χ4n) is 0.496. The van der Waals surface area contributed by atoms with Crippen LogP contribution in [0.25, 0.3) is 0 Å². The predicted molar refractivity (Wildman–Crippen MR) is 39.1 cm³/mol. The van der Waals surface area contributed by atoms with Gasteiger partial charge in [0.05, 0.1) is 4.90 Å². The smallest absolute Gasteiger partial charge is 0.121 e. The van der Waals surface area contributed by atoms with E-state index in [1.165, 1.54) is 12.3 Å². The Hall–Kier alpha value is -0.260. The second-order valence-corrected chi connectivity index (χ2v) is 3.19. The molecule has 0 amide bonds. The van der Waals surface area contributed by atoms with Crippen LogP contribution in [0.5, 0.6) is 0 Å². The first-order chi connectivity index (χ1) is 4.72. The molecule has 0 N–H and O–H groups in total. The standard InChI is InChI=1S/C5H4BrNO2S/c6-5-4(10(8)9)2-1-3-7-5/h1-3H,(H,8,9)/p-1. The van der Waals surface area contributed by atoms with Crippen molar-refractivity contribution in [2.75, 3.05) is 0 Å². The molecule has 54 valence electrons. The van der Waals surface area contributed by atoms with Crippen molar-refractivity contribution in [3.05, 3.63) is 22.9 Å². The molecule has 1 aromatic rings. The van der Waals surface area contributed by atoms with Crippen molar-refractivity contribution in [3.63, 3.8) is 0 Å². The van der Waals surface area contributed by atoms with E-state index in [0.717, 1.165) is 0 Å². The first kappa shape index (κ1) is 7.84. The lowest BCUT2D eigenvalue weighted by molar-refractivity contribution is 0.536. The molecule has 0 radical (unpaired) electrons. The van der Waals surface area contributed by atoms with Crippen LogP contribution in [-0.4, -0.2) is 13.7 Å². The zero-order valence-corrected chi connectivity index (χ0v) is 7.18. The van der Waals surface area contributed by atoms with Crippen molar-refractivity contribution in [1.82, 2.24) is 4.98 Å². The molecule has 0 bridgehead atoms. The van der Waals surface area contributed by atoms with Crippen molar-refractivity contribution in [1.29, 1.82) is 0 Å². The van der Waals surface area contributed by atoms with Gasteiger partial charge in [-0.15, -0.1) is 0 Å². The Labute approximate surface area is 68.9 Å². The van der Waals surface area contributed by atoms with Gasteiger partial charge in [0.1, 0.15) is 4.60 Å². The summed E-state index contributed by atoms with van der Waals surface area (Å²) < 4.78 is 21.1. The number of hydrogen-bond donors (Lipinski definition) is 0. The highest BCUT2D eigenvalue weighted by atomic mass is 79.9. The molecule has 0 fully saturated rings. The van der Waals surface area contributed by atoms with Crippen LogP contribution >= 0.6 is 15.9 Å². The molecule has 0 aliphatic rings. The van der Waals surface area contributed by atoms with Crippen LogP contribution in [-0.2, 0) is 11.1 Å². The summed E-state index contributed by atoms with van der Waals surface area (Å²) in [7, 11) is 0. The molecular weight excluding hydrogens is 218 g/mol. The SMILES string of the molecule is O=S([O-])c1cccnc1Br. The van der Waals surface area contributed by atoms with E-state index < -0.39 is 11.1 Å². The molecule has 0 saturated carbocycles. The first-order valence-electron chi connectivity index (χ1n) is 2.41. The summed E-state index contributed by atoms with van der Waals surface area (Å²) in [6.45, 7) is 0. The third kappa shape index (κ3) is 1.62. The van der Waals surface area contributed by atoms with E-state index in [2.05, 4.69) is 20.9 Å². The van der Waals surface area contributed by atoms with E-state index in [1.807, 2.05) is 0 Å². The fraction of sp³-hybridized carbons (Fsp3) is 0. The molecule has 1 unspecified atom stereocenters. The number of halogens is 1. The Morgan fingerprint density at radius 1 is 1.70 bits per heavy atom. The summed E-state index contributed by atoms with van der Waals surface area (Å²) in [4.78, 5) is 3.91. The minimum atomic E-state index is -2.20. The topological polar surface area (TPSA) is 53.0 Å². The maximum atomic E-state index is 10.4. The lowest BCUT2D eigenvalue weighted by Crippen LogP contribution is -1.90. The van der Waals surface area contributed by atoms with Crippen LogP contribution in [0.1, 0.15) is 0 Å². The Balaban J connectivity index is 3.15. The summed E-state index contributed by atoms with van der Waals surface area (Å²) in [6.07, 6.45) is 1.51. The van der Waals surface area contributed by atoms with Crippen molar-refractivity contribution < 1.29 is 8.76 Å². The molecule has 0 spiro atoms. The van der Waals surface area contributed by atoms with Crippen LogP contribution in [0.3, 0.4) is 0 Å². The summed E-state index contributed by atoms with van der Waals surface area (Å²) in [5.74, 6) is 0. The van der Waals surface area contributed by atoms with Crippen molar-refractivity contribution >= 4 is 27.0 Å². The molecular formula is C5H3BrNO2S-. The predicted octanol–water partition coefficient (Wildman–Crippen LogP) is 1.08. The van der Waals surface area contributed by atoms with Crippen LogP contribution in [0.15, 0.2) is 27.8 Å². The van der Waals surface area contributed by atoms with Gasteiger partial charge in [0.15, 0.2) is 0 Å². The van der Waals surface area contributed by atoms with Gasteiger partial charge in [0.25, 0.3) is 0 Å². The largest absolute Gasteiger partial charge is 0.768 e. The van der Waals surface area contributed by atoms with Gasteiger partial charge < -0.3 is 4.55 Å². The molecule has 0 saturated heterocycles. The minimum absolute atomic E-state index is 0.183. The van der Waals surface area contributed by atoms with Gasteiger partial charge in [-0.1, -0.05) is 0 Å². The zero-order chi connectivity index (χ0) is 7.56. The number of hydrogen-bond acceptors (Lipinski definition) is 3. The number of rotatable bonds is 1. The third-order valence-electron chi connectivity index (χ3n) is 0.904. The lowest BCUT2D eigenvalue weighted by atomic mass is 10.5. The second kappa shape index (κ2) is 3.23. The maximum absolute atomic E-state index is 10.4. The van der Waals surface area contributed by atoms with Crippen LogP contribution < -0.4 is 0 Å². The van der Waals surface area contributed by atoms with E-state index in [1.54, 1.807) is 6.07 Å². The Morgan fingerprint density at radius 2 is 2.40 bits per heavy atom. The van der Waals surface area contributed by atoms with Crippen LogP contribution in [0, 0.1) is 0 Å². The number of aromatic nitrogens is 1. The van der Waals surface area contributed by atoms with Gasteiger partial charge in [0, 0.05) is 6.20 Å². The van der Waals surface area contributed by atoms with E-state index >= 15 is 0 Å². The molecule has 1 heterocycles. The van der Waals surface area contributed by atoms with E-state index in [9.17, 15) is 8.76 Å². The summed E-state index contributed by atoms with van der Waals surface area (Å²) in [5, 5.41) is 0. The monoisotopic (exact) mass is 220 g/mol. The molecule has 0 aliphatic carbocycles. The van der Waals surface area contributed by atoms with Gasteiger partial charge in [-0.05, 0) is 39.1 Å². The van der Waals surface area contributed by atoms with Gasteiger partial charge in [0.2, 0.25) is 0 Å². The average Bonchev–Trinajstić information content (AvgIpc) is 1.88. The van der Waals surface area contributed by atoms with Crippen LogP contribution in [0.2, 0.25) is 0 Å². The zero-order valence-electron chi connectivity index (χ0n) is 4.78. The van der Waals surface area contributed by atoms with Crippen LogP contribution in [0.4, 0.5) is 0 Å². The maximum Gasteiger partial charge on any atom is 0.121 e. The van der Waals surface area contributed by atoms with E-state index in [-0.39, 0.29) is 4.90 Å². The Bertz CT molecular complexity index is 266. The first-order valence-corrected chi connectivity index (χ1v) is 4.28. The molecule has 1 aromatic heterocycles. The molecule has 5 heteroatoms. The normalized spacial score (nSPS) is 13.0. The quantitative estimate of drug-likeness (QED) is 0.526. The summed E-state index contributed by atoms with van der Waals surface area (Å²) in [5.41, 5.74) is 0. The van der Waals surface area contributed by atoms with Gasteiger partial charge in [-0.25, -0.2) is 4.98 Å². The molecule has 1 rings (SSSR count). The minimum Gasteiger partial charge on any atom is -0.768 e. The number of pyridine rings is 1. The van der Waals surface area contributed by atoms with Crippen molar-refractivity contribution in [2.24, 2.45) is 0 Å². The van der Waals surface area contributed by atoms with Crippen molar-refractivity contribution in [3.8, 4) is 0 Å². The van der Waals surface area contributed by atoms with Crippen molar-refractivity contribution in [2.45, 2.75) is 4.90 Å². The Kier molecular flexibility index (Phi) is 2.53. The molecule has 1 atom stereocenters. The van der Waals surface area contributed by atoms with Gasteiger partial charge in [-0.2, -0.15) is 0 Å². The highest BCUT2D eigenvalue weighted by Gasteiger charge is 1.97. The highest BCUT2D eigenvalue weighted by Crippen LogP contribution is 2.14. The molecule has 0 aliphatic heterocycles. The number of nitrogens with zero attached hydrogens (tertiary/aromatic N) is 1. The fourth-order valence-corrected chi connectivity index (χ4v) is 1.52. The van der Waals surface area contributed by atoms with Gasteiger partial charge >= 0.3 is 0 Å². The highest BCUT2D eigenvalue weighted by molar-refractivity contribution is 9.10. The van der Waals surface area contributed by atoms with Gasteiger partial charge in [-0.3, -0.25) is 4.21 Å². The molecule has 3 nitrogen and oxygen atoms in total. The van der Waals surface area contributed by atoms with E-state index in [0.29, 0.717) is 4.60 Å². The molecule has 10 heavy (non-hydrogen) atoms. The molecule has 0 aromatic carbocycles. The summed E-state index contributed by atoms with van der Waals surface area (Å²) >= 11 is 0.793. The Morgan fingerprint density at radius 3 is 2.80 bits per heavy atom. The lowest BCUT2D eigenvalue weighted by Gasteiger charge is -2.04.